The molecule has 0 aliphatic rings. The lowest BCUT2D eigenvalue weighted by Gasteiger charge is -2.12. The molecule has 104 valence electrons. The monoisotopic (exact) mass is 274 g/mol. The fourth-order valence-corrected chi connectivity index (χ4v) is 2.07. The van der Waals surface area contributed by atoms with Gasteiger partial charge in [0.2, 0.25) is 0 Å². The molecule has 0 atom stereocenters. The number of nitrogens with zero attached hydrogens (tertiary/aromatic N) is 1. The van der Waals surface area contributed by atoms with Crippen LogP contribution in [0.3, 0.4) is 0 Å². The summed E-state index contributed by atoms with van der Waals surface area (Å²) in [6.07, 6.45) is 0. The third kappa shape index (κ3) is 2.93. The lowest BCUT2D eigenvalue weighted by molar-refractivity contribution is 0.0696. The van der Waals surface area contributed by atoms with E-state index < -0.39 is 5.97 Å². The quantitative estimate of drug-likeness (QED) is 0.899. The summed E-state index contributed by atoms with van der Waals surface area (Å²) in [7, 11) is 0. The maximum Gasteiger partial charge on any atom is 0.339 e. The van der Waals surface area contributed by atoms with Gasteiger partial charge in [-0.15, -0.1) is 0 Å². The van der Waals surface area contributed by atoms with Crippen LogP contribution in [0, 0.1) is 19.7 Å². The number of aromatic nitrogens is 1. The minimum atomic E-state index is -1.05. The van der Waals surface area contributed by atoms with Gasteiger partial charge in [-0.05, 0) is 26.0 Å². The van der Waals surface area contributed by atoms with Crippen LogP contribution in [0.1, 0.15) is 27.3 Å². The highest BCUT2D eigenvalue weighted by Crippen LogP contribution is 2.21. The predicted molar refractivity (Wildman–Crippen MR) is 74.4 cm³/mol. The first-order chi connectivity index (χ1) is 9.49. The van der Waals surface area contributed by atoms with E-state index in [1.165, 1.54) is 6.07 Å². The third-order valence-corrected chi connectivity index (χ3v) is 2.97. The Morgan fingerprint density at radius 3 is 2.70 bits per heavy atom. The Kier molecular flexibility index (Phi) is 3.98. The van der Waals surface area contributed by atoms with Crippen molar-refractivity contribution in [3.63, 3.8) is 0 Å². The average molecular weight is 274 g/mol. The number of carboxylic acids is 1. The first-order valence-electron chi connectivity index (χ1n) is 6.18. The normalized spacial score (nSPS) is 10.3. The number of halogens is 1. The molecule has 2 N–H and O–H groups in total. The van der Waals surface area contributed by atoms with Crippen molar-refractivity contribution < 1.29 is 14.3 Å². The van der Waals surface area contributed by atoms with Gasteiger partial charge < -0.3 is 10.4 Å². The Morgan fingerprint density at radius 2 is 2.05 bits per heavy atom. The van der Waals surface area contributed by atoms with E-state index in [0.717, 1.165) is 0 Å². The van der Waals surface area contributed by atoms with E-state index in [1.807, 2.05) is 0 Å². The Bertz CT molecular complexity index is 656. The summed E-state index contributed by atoms with van der Waals surface area (Å²) in [6, 6.07) is 8.03. The molecule has 0 radical (unpaired) electrons. The van der Waals surface area contributed by atoms with Crippen molar-refractivity contribution in [2.24, 2.45) is 0 Å². The highest BCUT2D eigenvalue weighted by Gasteiger charge is 2.15. The molecule has 1 aromatic carbocycles. The van der Waals surface area contributed by atoms with Crippen LogP contribution in [-0.4, -0.2) is 16.1 Å². The molecular formula is C15H15FN2O2. The second-order valence-electron chi connectivity index (χ2n) is 4.52. The molecule has 20 heavy (non-hydrogen) atoms. The number of carboxylic acid groups (broad SMARTS) is 1. The predicted octanol–water partition coefficient (Wildman–Crippen LogP) is 3.15. The molecule has 2 aromatic rings. The van der Waals surface area contributed by atoms with Crippen molar-refractivity contribution in [2.75, 3.05) is 5.32 Å². The van der Waals surface area contributed by atoms with Gasteiger partial charge >= 0.3 is 5.97 Å². The van der Waals surface area contributed by atoms with Gasteiger partial charge in [0.1, 0.15) is 11.4 Å². The second-order valence-corrected chi connectivity index (χ2v) is 4.52. The molecule has 0 bridgehead atoms. The smallest absolute Gasteiger partial charge is 0.339 e. The van der Waals surface area contributed by atoms with Gasteiger partial charge in [-0.3, -0.25) is 4.98 Å². The minimum Gasteiger partial charge on any atom is -0.478 e. The zero-order valence-corrected chi connectivity index (χ0v) is 11.3. The number of rotatable bonds is 4. The molecule has 5 heteroatoms. The average Bonchev–Trinajstić information content (AvgIpc) is 2.36. The SMILES string of the molecule is Cc1cc(NCc2ccccc2F)c(C(=O)O)c(C)n1. The van der Waals surface area contributed by atoms with Gasteiger partial charge in [0.05, 0.1) is 11.4 Å². The van der Waals surface area contributed by atoms with Gasteiger partial charge in [-0.25, -0.2) is 9.18 Å². The van der Waals surface area contributed by atoms with Gasteiger partial charge in [-0.2, -0.15) is 0 Å². The molecule has 0 aliphatic carbocycles. The molecule has 0 fully saturated rings. The molecule has 0 unspecified atom stereocenters. The van der Waals surface area contributed by atoms with Crippen LogP contribution < -0.4 is 5.32 Å². The molecule has 0 amide bonds. The van der Waals surface area contributed by atoms with Crippen molar-refractivity contribution in [3.8, 4) is 0 Å². The van der Waals surface area contributed by atoms with Gasteiger partial charge in [0.25, 0.3) is 0 Å². The summed E-state index contributed by atoms with van der Waals surface area (Å²) in [5, 5.41) is 12.2. The standard InChI is InChI=1S/C15H15FN2O2/c1-9-7-13(14(15(19)20)10(2)18-9)17-8-11-5-3-4-6-12(11)16/h3-7H,8H2,1-2H3,(H,17,18)(H,19,20). The van der Waals surface area contributed by atoms with Crippen LogP contribution in [0.5, 0.6) is 0 Å². The molecule has 1 heterocycles. The lowest BCUT2D eigenvalue weighted by atomic mass is 10.1. The zero-order chi connectivity index (χ0) is 14.7. The number of pyridine rings is 1. The Morgan fingerprint density at radius 1 is 1.35 bits per heavy atom. The van der Waals surface area contributed by atoms with Crippen LogP contribution in [0.4, 0.5) is 10.1 Å². The first-order valence-corrected chi connectivity index (χ1v) is 6.18. The number of anilines is 1. The number of benzene rings is 1. The molecule has 0 aliphatic heterocycles. The number of aryl methyl sites for hydroxylation is 2. The highest BCUT2D eigenvalue weighted by atomic mass is 19.1. The number of carbonyl (C=O) groups is 1. The van der Waals surface area contributed by atoms with Crippen molar-refractivity contribution in [2.45, 2.75) is 20.4 Å². The number of hydrogen-bond acceptors (Lipinski definition) is 3. The fourth-order valence-electron chi connectivity index (χ4n) is 2.07. The van der Waals surface area contributed by atoms with Crippen LogP contribution in [-0.2, 0) is 6.54 Å². The van der Waals surface area contributed by atoms with Gasteiger partial charge in [-0.1, -0.05) is 18.2 Å². The highest BCUT2D eigenvalue weighted by molar-refractivity contribution is 5.95. The number of nitrogens with one attached hydrogen (secondary N) is 1. The zero-order valence-electron chi connectivity index (χ0n) is 11.3. The summed E-state index contributed by atoms with van der Waals surface area (Å²) in [6.45, 7) is 3.65. The summed E-state index contributed by atoms with van der Waals surface area (Å²) >= 11 is 0. The summed E-state index contributed by atoms with van der Waals surface area (Å²) in [4.78, 5) is 15.4. The first kappa shape index (κ1) is 14.0. The maximum absolute atomic E-state index is 13.5. The van der Waals surface area contributed by atoms with Gasteiger partial charge in [0.15, 0.2) is 0 Å². The number of hydrogen-bond donors (Lipinski definition) is 2. The van der Waals surface area contributed by atoms with E-state index >= 15 is 0 Å². The summed E-state index contributed by atoms with van der Waals surface area (Å²) in [5.41, 5.74) is 2.20. The van der Waals surface area contributed by atoms with Crippen LogP contribution in [0.25, 0.3) is 0 Å². The molecular weight excluding hydrogens is 259 g/mol. The molecule has 4 nitrogen and oxygen atoms in total. The molecule has 2 rings (SSSR count). The largest absolute Gasteiger partial charge is 0.478 e. The topological polar surface area (TPSA) is 62.2 Å². The fraction of sp³-hybridized carbons (Fsp3) is 0.200. The van der Waals surface area contributed by atoms with E-state index in [0.29, 0.717) is 22.6 Å². The van der Waals surface area contributed by atoms with Crippen molar-refractivity contribution >= 4 is 11.7 Å². The van der Waals surface area contributed by atoms with Crippen molar-refractivity contribution in [3.05, 3.63) is 58.7 Å². The van der Waals surface area contributed by atoms with E-state index in [-0.39, 0.29) is 17.9 Å². The van der Waals surface area contributed by atoms with E-state index in [4.69, 9.17) is 0 Å². The summed E-state index contributed by atoms with van der Waals surface area (Å²) < 4.78 is 13.5. The van der Waals surface area contributed by atoms with E-state index in [2.05, 4.69) is 10.3 Å². The number of aromatic carboxylic acids is 1. The molecule has 0 saturated carbocycles. The molecule has 0 saturated heterocycles. The Hall–Kier alpha value is -2.43. The lowest BCUT2D eigenvalue weighted by Crippen LogP contribution is -2.11. The van der Waals surface area contributed by atoms with Crippen LogP contribution in [0.2, 0.25) is 0 Å². The van der Waals surface area contributed by atoms with Crippen molar-refractivity contribution in [1.29, 1.82) is 0 Å². The summed E-state index contributed by atoms with van der Waals surface area (Å²) in [5.74, 6) is -1.37. The third-order valence-electron chi connectivity index (χ3n) is 2.97. The second kappa shape index (κ2) is 5.69. The minimum absolute atomic E-state index is 0.118. The van der Waals surface area contributed by atoms with E-state index in [1.54, 1.807) is 38.1 Å². The Labute approximate surface area is 116 Å². The van der Waals surface area contributed by atoms with Crippen LogP contribution in [0.15, 0.2) is 30.3 Å². The van der Waals surface area contributed by atoms with Gasteiger partial charge in [0, 0.05) is 17.8 Å². The van der Waals surface area contributed by atoms with E-state index in [9.17, 15) is 14.3 Å². The maximum atomic E-state index is 13.5. The molecule has 0 spiro atoms. The molecule has 1 aromatic heterocycles. The van der Waals surface area contributed by atoms with Crippen LogP contribution >= 0.6 is 0 Å². The Balaban J connectivity index is 2.30. The van der Waals surface area contributed by atoms with Crippen molar-refractivity contribution in [1.82, 2.24) is 4.98 Å².